The molecule has 3 amide bonds. The first-order valence-corrected chi connectivity index (χ1v) is 9.51. The van der Waals surface area contributed by atoms with Crippen LogP contribution < -0.4 is 10.6 Å². The average molecular weight is 379 g/mol. The molecule has 3 rings (SSSR count). The zero-order chi connectivity index (χ0) is 19.6. The van der Waals surface area contributed by atoms with E-state index in [9.17, 15) is 18.4 Å². The number of piperidine rings is 2. The molecule has 0 spiro atoms. The Balaban J connectivity index is 1.47. The second-order valence-electron chi connectivity index (χ2n) is 8.31. The Morgan fingerprint density at radius 2 is 1.85 bits per heavy atom. The van der Waals surface area contributed by atoms with Crippen LogP contribution in [-0.4, -0.2) is 43.0 Å². The van der Waals surface area contributed by atoms with Crippen molar-refractivity contribution in [1.29, 1.82) is 0 Å². The standard InChI is InChI=1S/C20H27F2N3O2/c1-20(2)10-13(11-23-18(20)26)12-24-19(27)25-5-3-14(4-6-25)15-7-16(21)9-17(22)8-15/h7-9,13-14H,3-6,10-12H2,1-2H3,(H,23,26)(H,24,27). The van der Waals surface area contributed by atoms with Gasteiger partial charge in [0, 0.05) is 37.7 Å². The Labute approximate surface area is 158 Å². The van der Waals surface area contributed by atoms with Crippen molar-refractivity contribution < 1.29 is 18.4 Å². The summed E-state index contributed by atoms with van der Waals surface area (Å²) in [5, 5.41) is 5.86. The van der Waals surface area contributed by atoms with Crippen molar-refractivity contribution >= 4 is 11.9 Å². The van der Waals surface area contributed by atoms with Gasteiger partial charge < -0.3 is 15.5 Å². The van der Waals surface area contributed by atoms with Crippen molar-refractivity contribution in [2.75, 3.05) is 26.2 Å². The van der Waals surface area contributed by atoms with Gasteiger partial charge in [0.05, 0.1) is 0 Å². The van der Waals surface area contributed by atoms with E-state index >= 15 is 0 Å². The summed E-state index contributed by atoms with van der Waals surface area (Å²) < 4.78 is 26.8. The van der Waals surface area contributed by atoms with Gasteiger partial charge in [-0.3, -0.25) is 4.79 Å². The summed E-state index contributed by atoms with van der Waals surface area (Å²) in [4.78, 5) is 26.0. The summed E-state index contributed by atoms with van der Waals surface area (Å²) in [7, 11) is 0. The molecule has 27 heavy (non-hydrogen) atoms. The third-order valence-electron chi connectivity index (χ3n) is 5.65. The maximum atomic E-state index is 13.4. The molecule has 2 aliphatic rings. The minimum atomic E-state index is -0.562. The van der Waals surface area contributed by atoms with Gasteiger partial charge >= 0.3 is 6.03 Å². The number of carbonyl (C=O) groups is 2. The molecule has 5 nitrogen and oxygen atoms in total. The second-order valence-corrected chi connectivity index (χ2v) is 8.31. The molecular formula is C20H27F2N3O2. The van der Waals surface area contributed by atoms with Crippen LogP contribution in [0.5, 0.6) is 0 Å². The third kappa shape index (κ3) is 4.76. The number of benzene rings is 1. The van der Waals surface area contributed by atoms with Crippen molar-refractivity contribution in [3.63, 3.8) is 0 Å². The first-order valence-electron chi connectivity index (χ1n) is 9.51. The van der Waals surface area contributed by atoms with Crippen LogP contribution >= 0.6 is 0 Å². The molecule has 1 atom stereocenters. The van der Waals surface area contributed by atoms with E-state index < -0.39 is 17.0 Å². The predicted octanol–water partition coefficient (Wildman–Crippen LogP) is 3.02. The molecule has 0 saturated carbocycles. The van der Waals surface area contributed by atoms with E-state index in [2.05, 4.69) is 10.6 Å². The van der Waals surface area contributed by atoms with E-state index in [0.29, 0.717) is 44.6 Å². The Hall–Kier alpha value is -2.18. The van der Waals surface area contributed by atoms with Gasteiger partial charge in [-0.1, -0.05) is 13.8 Å². The lowest BCUT2D eigenvalue weighted by molar-refractivity contribution is -0.132. The van der Waals surface area contributed by atoms with E-state index in [1.54, 1.807) is 4.90 Å². The van der Waals surface area contributed by atoms with Gasteiger partial charge in [-0.05, 0) is 48.8 Å². The number of hydrogen-bond donors (Lipinski definition) is 2. The highest BCUT2D eigenvalue weighted by Gasteiger charge is 2.35. The first kappa shape index (κ1) is 19.6. The average Bonchev–Trinajstić information content (AvgIpc) is 2.61. The smallest absolute Gasteiger partial charge is 0.317 e. The minimum absolute atomic E-state index is 0.0564. The number of urea groups is 1. The molecule has 2 N–H and O–H groups in total. The van der Waals surface area contributed by atoms with Crippen LogP contribution in [0, 0.1) is 23.0 Å². The number of amides is 3. The van der Waals surface area contributed by atoms with Gasteiger partial charge in [0.15, 0.2) is 0 Å². The van der Waals surface area contributed by atoms with E-state index in [-0.39, 0.29) is 23.8 Å². The largest absolute Gasteiger partial charge is 0.355 e. The van der Waals surface area contributed by atoms with E-state index in [1.165, 1.54) is 12.1 Å². The maximum absolute atomic E-state index is 13.4. The molecule has 2 fully saturated rings. The quantitative estimate of drug-likeness (QED) is 0.848. The number of carbonyl (C=O) groups excluding carboxylic acids is 2. The summed E-state index contributed by atoms with van der Waals surface area (Å²) in [6, 6.07) is 3.51. The summed E-state index contributed by atoms with van der Waals surface area (Å²) in [5.41, 5.74) is 0.249. The van der Waals surface area contributed by atoms with Crippen LogP contribution in [0.3, 0.4) is 0 Å². The number of nitrogens with zero attached hydrogens (tertiary/aromatic N) is 1. The molecule has 0 aromatic heterocycles. The van der Waals surface area contributed by atoms with Gasteiger partial charge in [-0.25, -0.2) is 13.6 Å². The van der Waals surface area contributed by atoms with Crippen LogP contribution in [0.4, 0.5) is 13.6 Å². The van der Waals surface area contributed by atoms with Crippen molar-refractivity contribution in [1.82, 2.24) is 15.5 Å². The van der Waals surface area contributed by atoms with Crippen molar-refractivity contribution in [3.05, 3.63) is 35.4 Å². The number of likely N-dealkylation sites (tertiary alicyclic amines) is 1. The summed E-state index contributed by atoms with van der Waals surface area (Å²) >= 11 is 0. The Morgan fingerprint density at radius 1 is 1.22 bits per heavy atom. The zero-order valence-corrected chi connectivity index (χ0v) is 15.9. The molecule has 2 heterocycles. The van der Waals surface area contributed by atoms with Crippen LogP contribution in [0.1, 0.15) is 44.6 Å². The Bertz CT molecular complexity index is 695. The highest BCUT2D eigenvalue weighted by Crippen LogP contribution is 2.30. The first-order chi connectivity index (χ1) is 12.7. The van der Waals surface area contributed by atoms with Gasteiger partial charge in [0.2, 0.25) is 5.91 Å². The van der Waals surface area contributed by atoms with Crippen LogP contribution in [0.2, 0.25) is 0 Å². The highest BCUT2D eigenvalue weighted by molar-refractivity contribution is 5.82. The molecule has 2 saturated heterocycles. The zero-order valence-electron chi connectivity index (χ0n) is 15.9. The van der Waals surface area contributed by atoms with E-state index in [1.807, 2.05) is 13.8 Å². The van der Waals surface area contributed by atoms with Gasteiger partial charge in [-0.2, -0.15) is 0 Å². The monoisotopic (exact) mass is 379 g/mol. The molecule has 0 radical (unpaired) electrons. The van der Waals surface area contributed by atoms with Gasteiger partial charge in [0.25, 0.3) is 0 Å². The lowest BCUT2D eigenvalue weighted by Gasteiger charge is -2.36. The molecule has 1 aromatic rings. The van der Waals surface area contributed by atoms with E-state index in [4.69, 9.17) is 0 Å². The van der Waals surface area contributed by atoms with Gasteiger partial charge in [-0.15, -0.1) is 0 Å². The lowest BCUT2D eigenvalue weighted by atomic mass is 9.79. The molecular weight excluding hydrogens is 352 g/mol. The molecule has 1 unspecified atom stereocenters. The van der Waals surface area contributed by atoms with Crippen molar-refractivity contribution in [2.24, 2.45) is 11.3 Å². The molecule has 148 valence electrons. The molecule has 1 aromatic carbocycles. The molecule has 7 heteroatoms. The van der Waals surface area contributed by atoms with Crippen LogP contribution in [0.15, 0.2) is 18.2 Å². The molecule has 2 aliphatic heterocycles. The van der Waals surface area contributed by atoms with Crippen LogP contribution in [-0.2, 0) is 4.79 Å². The fourth-order valence-electron chi connectivity index (χ4n) is 4.08. The van der Waals surface area contributed by atoms with Crippen molar-refractivity contribution in [2.45, 2.75) is 39.0 Å². The number of halogens is 2. The van der Waals surface area contributed by atoms with Crippen molar-refractivity contribution in [3.8, 4) is 0 Å². The summed E-state index contributed by atoms with van der Waals surface area (Å²) in [5.74, 6) is -0.788. The van der Waals surface area contributed by atoms with E-state index in [0.717, 1.165) is 12.5 Å². The fourth-order valence-corrected chi connectivity index (χ4v) is 4.08. The topological polar surface area (TPSA) is 61.4 Å². The summed E-state index contributed by atoms with van der Waals surface area (Å²) in [6.45, 7) is 6.04. The summed E-state index contributed by atoms with van der Waals surface area (Å²) in [6.07, 6.45) is 2.11. The minimum Gasteiger partial charge on any atom is -0.355 e. The predicted molar refractivity (Wildman–Crippen MR) is 98.2 cm³/mol. The number of rotatable bonds is 3. The lowest BCUT2D eigenvalue weighted by Crippen LogP contribution is -2.51. The van der Waals surface area contributed by atoms with Crippen LogP contribution in [0.25, 0.3) is 0 Å². The highest BCUT2D eigenvalue weighted by atomic mass is 19.1. The molecule has 0 aliphatic carbocycles. The Morgan fingerprint density at radius 3 is 2.44 bits per heavy atom. The fraction of sp³-hybridized carbons (Fsp3) is 0.600. The number of nitrogens with one attached hydrogen (secondary N) is 2. The maximum Gasteiger partial charge on any atom is 0.317 e. The second kappa shape index (κ2) is 7.82. The van der Waals surface area contributed by atoms with Gasteiger partial charge in [0.1, 0.15) is 11.6 Å². The number of hydrogen-bond acceptors (Lipinski definition) is 2. The molecule has 0 bridgehead atoms. The SMILES string of the molecule is CC1(C)CC(CNC(=O)N2CCC(c3cc(F)cc(F)c3)CC2)CNC1=O. The third-order valence-corrected chi connectivity index (χ3v) is 5.65. The normalized spacial score (nSPS) is 23.0. The Kier molecular flexibility index (Phi) is 5.67.